The number of thiophene rings is 1. The molecule has 1 saturated heterocycles. The number of carbonyl (C=O) groups is 1. The number of halogens is 1. The zero-order valence-corrected chi connectivity index (χ0v) is 18.5. The molecule has 1 aliphatic heterocycles. The van der Waals surface area contributed by atoms with Gasteiger partial charge in [-0.3, -0.25) is 4.79 Å². The summed E-state index contributed by atoms with van der Waals surface area (Å²) in [5.74, 6) is -0.201. The Labute approximate surface area is 185 Å². The molecule has 3 heterocycles. The predicted molar refractivity (Wildman–Crippen MR) is 121 cm³/mol. The highest BCUT2D eigenvalue weighted by Crippen LogP contribution is 2.21. The van der Waals surface area contributed by atoms with Crippen LogP contribution in [-0.2, 0) is 6.54 Å². The summed E-state index contributed by atoms with van der Waals surface area (Å²) in [6, 6.07) is 3.39. The number of hydrogen-bond acceptors (Lipinski definition) is 7. The Morgan fingerprint density at radius 3 is 2.90 bits per heavy atom. The van der Waals surface area contributed by atoms with Crippen LogP contribution in [0.1, 0.15) is 21.8 Å². The van der Waals surface area contributed by atoms with Gasteiger partial charge in [0.1, 0.15) is 0 Å². The fourth-order valence-corrected chi connectivity index (χ4v) is 4.07. The van der Waals surface area contributed by atoms with Crippen molar-refractivity contribution in [1.82, 2.24) is 30.1 Å². The maximum atomic E-state index is 12.3. The van der Waals surface area contributed by atoms with Crippen LogP contribution in [0.4, 0.5) is 0 Å². The van der Waals surface area contributed by atoms with Crippen molar-refractivity contribution in [2.75, 3.05) is 33.2 Å². The van der Waals surface area contributed by atoms with Gasteiger partial charge in [0.2, 0.25) is 0 Å². The largest absolute Gasteiger partial charge is 0.403 e. The molecule has 0 unspecified atom stereocenters. The SMILES string of the molecule is C=C(/C=C\C(=C/N)n1nncc1CNC(=O)c1ccc(Cl)s1)N1CCCN(C)CC1. The molecular formula is C20H26ClN7OS. The van der Waals surface area contributed by atoms with Gasteiger partial charge >= 0.3 is 0 Å². The van der Waals surface area contributed by atoms with Gasteiger partial charge in [0.25, 0.3) is 5.91 Å². The molecule has 0 radical (unpaired) electrons. The number of hydrogen-bond donors (Lipinski definition) is 2. The normalized spacial score (nSPS) is 16.1. The second-order valence-corrected chi connectivity index (χ2v) is 8.70. The number of nitrogens with two attached hydrogens (primary N) is 1. The van der Waals surface area contributed by atoms with Crippen LogP contribution in [-0.4, -0.2) is 63.9 Å². The monoisotopic (exact) mass is 447 g/mol. The van der Waals surface area contributed by atoms with Gasteiger partial charge in [-0.25, -0.2) is 4.68 Å². The summed E-state index contributed by atoms with van der Waals surface area (Å²) in [4.78, 5) is 17.4. The molecule has 0 aromatic carbocycles. The molecule has 2 aromatic heterocycles. The molecule has 0 saturated carbocycles. The van der Waals surface area contributed by atoms with Gasteiger partial charge < -0.3 is 20.9 Å². The molecule has 10 heteroatoms. The molecule has 0 spiro atoms. The van der Waals surface area contributed by atoms with E-state index in [-0.39, 0.29) is 12.5 Å². The third-order valence-corrected chi connectivity index (χ3v) is 6.06. The number of likely N-dealkylation sites (N-methyl/N-ethyl adjacent to an activating group) is 1. The maximum Gasteiger partial charge on any atom is 0.261 e. The average Bonchev–Trinajstić information content (AvgIpc) is 3.32. The summed E-state index contributed by atoms with van der Waals surface area (Å²) in [6.45, 7) is 8.46. The van der Waals surface area contributed by atoms with Gasteiger partial charge in [-0.2, -0.15) is 0 Å². The Bertz CT molecular complexity index is 949. The topological polar surface area (TPSA) is 92.3 Å². The number of nitrogens with zero attached hydrogens (tertiary/aromatic N) is 5. The summed E-state index contributed by atoms with van der Waals surface area (Å²) < 4.78 is 2.17. The van der Waals surface area contributed by atoms with E-state index in [4.69, 9.17) is 17.3 Å². The maximum absolute atomic E-state index is 12.3. The molecule has 30 heavy (non-hydrogen) atoms. The van der Waals surface area contributed by atoms with E-state index in [1.54, 1.807) is 23.0 Å². The first-order valence-corrected chi connectivity index (χ1v) is 10.8. The third-order valence-electron chi connectivity index (χ3n) is 4.83. The number of allylic oxidation sites excluding steroid dienone is 3. The summed E-state index contributed by atoms with van der Waals surface area (Å²) in [6.07, 6.45) is 7.94. The van der Waals surface area contributed by atoms with Crippen molar-refractivity contribution in [2.24, 2.45) is 5.73 Å². The van der Waals surface area contributed by atoms with E-state index in [0.717, 1.165) is 38.3 Å². The van der Waals surface area contributed by atoms with Crippen molar-refractivity contribution >= 4 is 34.5 Å². The smallest absolute Gasteiger partial charge is 0.261 e. The van der Waals surface area contributed by atoms with Crippen LogP contribution in [0.3, 0.4) is 0 Å². The molecule has 0 bridgehead atoms. The predicted octanol–water partition coefficient (Wildman–Crippen LogP) is 2.39. The molecule has 1 amide bonds. The molecule has 2 aromatic rings. The fraction of sp³-hybridized carbons (Fsp3) is 0.350. The fourth-order valence-electron chi connectivity index (χ4n) is 3.11. The lowest BCUT2D eigenvalue weighted by atomic mass is 10.3. The Morgan fingerprint density at radius 1 is 1.33 bits per heavy atom. The van der Waals surface area contributed by atoms with Crippen molar-refractivity contribution in [2.45, 2.75) is 13.0 Å². The first-order chi connectivity index (χ1) is 14.5. The Morgan fingerprint density at radius 2 is 2.17 bits per heavy atom. The first kappa shape index (κ1) is 22.1. The van der Waals surface area contributed by atoms with Crippen LogP contribution < -0.4 is 11.1 Å². The van der Waals surface area contributed by atoms with Crippen LogP contribution in [0.5, 0.6) is 0 Å². The van der Waals surface area contributed by atoms with Gasteiger partial charge in [0.05, 0.1) is 33.3 Å². The number of aromatic nitrogens is 3. The second kappa shape index (κ2) is 10.4. The van der Waals surface area contributed by atoms with Crippen LogP contribution >= 0.6 is 22.9 Å². The highest BCUT2D eigenvalue weighted by molar-refractivity contribution is 7.17. The van der Waals surface area contributed by atoms with E-state index in [0.29, 0.717) is 20.6 Å². The Hall–Kier alpha value is -2.62. The Kier molecular flexibility index (Phi) is 7.67. The van der Waals surface area contributed by atoms with E-state index in [9.17, 15) is 4.79 Å². The first-order valence-electron chi connectivity index (χ1n) is 9.64. The zero-order chi connectivity index (χ0) is 21.5. The molecule has 1 aliphatic rings. The van der Waals surface area contributed by atoms with Gasteiger partial charge in [-0.15, -0.1) is 16.4 Å². The van der Waals surface area contributed by atoms with E-state index in [2.05, 4.69) is 39.1 Å². The van der Waals surface area contributed by atoms with Gasteiger partial charge in [0, 0.05) is 31.5 Å². The van der Waals surface area contributed by atoms with Crippen LogP contribution in [0.2, 0.25) is 4.34 Å². The highest BCUT2D eigenvalue weighted by Gasteiger charge is 2.14. The van der Waals surface area contributed by atoms with Crippen molar-refractivity contribution < 1.29 is 4.79 Å². The zero-order valence-electron chi connectivity index (χ0n) is 16.9. The van der Waals surface area contributed by atoms with Crippen LogP contribution in [0, 0.1) is 0 Å². The van der Waals surface area contributed by atoms with Gasteiger partial charge in [-0.1, -0.05) is 23.4 Å². The summed E-state index contributed by atoms with van der Waals surface area (Å²) in [5.41, 5.74) is 8.11. The molecular weight excluding hydrogens is 422 g/mol. The van der Waals surface area contributed by atoms with Gasteiger partial charge in [-0.05, 0) is 44.3 Å². The molecule has 8 nitrogen and oxygen atoms in total. The summed E-state index contributed by atoms with van der Waals surface area (Å²) >= 11 is 7.12. The molecule has 0 atom stereocenters. The summed E-state index contributed by atoms with van der Waals surface area (Å²) in [5, 5.41) is 10.9. The van der Waals surface area contributed by atoms with Crippen molar-refractivity contribution in [3.8, 4) is 0 Å². The molecule has 0 aliphatic carbocycles. The molecule has 3 rings (SSSR count). The lowest BCUT2D eigenvalue weighted by Crippen LogP contribution is -2.27. The minimum Gasteiger partial charge on any atom is -0.403 e. The summed E-state index contributed by atoms with van der Waals surface area (Å²) in [7, 11) is 2.13. The number of amides is 1. The minimum absolute atomic E-state index is 0.201. The highest BCUT2D eigenvalue weighted by atomic mass is 35.5. The molecule has 160 valence electrons. The standard InChI is InChI=1S/C20H26ClN7OS/c1-15(27-9-3-8-26(2)10-11-27)4-5-16(12-22)28-17(14-24-25-28)13-23-20(29)18-6-7-19(21)30-18/h4-7,12,14H,1,3,8-11,13,22H2,2H3,(H,23,29)/b5-4-,16-12+. The molecule has 3 N–H and O–H groups in total. The Balaban J connectivity index is 1.63. The lowest BCUT2D eigenvalue weighted by molar-refractivity contribution is 0.0954. The van der Waals surface area contributed by atoms with Crippen LogP contribution in [0.25, 0.3) is 5.70 Å². The van der Waals surface area contributed by atoms with E-state index >= 15 is 0 Å². The minimum atomic E-state index is -0.201. The van der Waals surface area contributed by atoms with Crippen molar-refractivity contribution in [3.05, 3.63) is 63.9 Å². The average molecular weight is 448 g/mol. The lowest BCUT2D eigenvalue weighted by Gasteiger charge is -2.23. The van der Waals surface area contributed by atoms with Crippen molar-refractivity contribution in [1.29, 1.82) is 0 Å². The van der Waals surface area contributed by atoms with E-state index < -0.39 is 0 Å². The number of carbonyl (C=O) groups excluding carboxylic acids is 1. The van der Waals surface area contributed by atoms with Gasteiger partial charge in [0.15, 0.2) is 0 Å². The number of nitrogens with one attached hydrogen (secondary N) is 1. The van der Waals surface area contributed by atoms with Crippen molar-refractivity contribution in [3.63, 3.8) is 0 Å². The molecule has 1 fully saturated rings. The quantitative estimate of drug-likeness (QED) is 0.633. The van der Waals surface area contributed by atoms with Crippen LogP contribution in [0.15, 0.2) is 49.0 Å². The second-order valence-electron chi connectivity index (χ2n) is 6.98. The van der Waals surface area contributed by atoms with E-state index in [1.165, 1.54) is 17.5 Å². The third kappa shape index (κ3) is 5.71. The number of rotatable bonds is 7. The van der Waals surface area contributed by atoms with E-state index in [1.807, 2.05) is 12.2 Å².